The Kier molecular flexibility index (Phi) is 8.45. The van der Waals surface area contributed by atoms with Crippen LogP contribution in [-0.2, 0) is 4.79 Å². The summed E-state index contributed by atoms with van der Waals surface area (Å²) in [5, 5.41) is 6.70. The molecular formula is C22H34F2N6O. The van der Waals surface area contributed by atoms with Crippen molar-refractivity contribution in [2.45, 2.75) is 38.6 Å². The molecule has 2 aliphatic heterocycles. The van der Waals surface area contributed by atoms with Crippen molar-refractivity contribution in [1.29, 1.82) is 0 Å². The number of likely N-dealkylation sites (tertiary alicyclic amines) is 1. The molecule has 2 saturated heterocycles. The van der Waals surface area contributed by atoms with Crippen molar-refractivity contribution in [2.24, 2.45) is 16.6 Å². The Morgan fingerprint density at radius 3 is 2.84 bits per heavy atom. The molecule has 0 aliphatic carbocycles. The third kappa shape index (κ3) is 6.78. The summed E-state index contributed by atoms with van der Waals surface area (Å²) in [5.41, 5.74) is 5.89. The molecule has 172 valence electrons. The highest BCUT2D eigenvalue weighted by Crippen LogP contribution is 2.24. The van der Waals surface area contributed by atoms with E-state index in [1.54, 1.807) is 0 Å². The Morgan fingerprint density at radius 1 is 1.26 bits per heavy atom. The molecule has 2 fully saturated rings. The van der Waals surface area contributed by atoms with Crippen LogP contribution in [0.4, 0.5) is 14.5 Å². The largest absolute Gasteiger partial charge is 0.369 e. The first-order valence-electron chi connectivity index (χ1n) is 11.2. The molecule has 2 aliphatic rings. The summed E-state index contributed by atoms with van der Waals surface area (Å²) in [7, 11) is 0. The zero-order valence-electron chi connectivity index (χ0n) is 18.2. The number of nitrogens with two attached hydrogens (primary N) is 1. The summed E-state index contributed by atoms with van der Waals surface area (Å²) in [6.07, 6.45) is 3.65. The van der Waals surface area contributed by atoms with Gasteiger partial charge in [0, 0.05) is 44.8 Å². The predicted molar refractivity (Wildman–Crippen MR) is 119 cm³/mol. The topological polar surface area (TPSA) is 86.0 Å². The van der Waals surface area contributed by atoms with Crippen LogP contribution in [0.2, 0.25) is 0 Å². The molecule has 1 aromatic rings. The molecule has 0 spiro atoms. The van der Waals surface area contributed by atoms with Gasteiger partial charge in [0.25, 0.3) is 0 Å². The van der Waals surface area contributed by atoms with E-state index in [1.807, 2.05) is 11.8 Å². The van der Waals surface area contributed by atoms with Gasteiger partial charge in [0.1, 0.15) is 11.6 Å². The van der Waals surface area contributed by atoms with Gasteiger partial charge in [-0.25, -0.2) is 8.78 Å². The van der Waals surface area contributed by atoms with Crippen molar-refractivity contribution in [3.05, 3.63) is 29.8 Å². The van der Waals surface area contributed by atoms with Crippen molar-refractivity contribution in [3.63, 3.8) is 0 Å². The molecule has 2 heterocycles. The Hall–Kier alpha value is -2.42. The number of benzene rings is 1. The van der Waals surface area contributed by atoms with E-state index in [4.69, 9.17) is 5.73 Å². The summed E-state index contributed by atoms with van der Waals surface area (Å²) in [5.74, 6) is -0.577. The fourth-order valence-electron chi connectivity index (χ4n) is 4.32. The van der Waals surface area contributed by atoms with Crippen molar-refractivity contribution >= 4 is 17.6 Å². The molecule has 1 amide bonds. The number of anilines is 1. The second-order valence-electron chi connectivity index (χ2n) is 8.33. The molecule has 1 aromatic carbocycles. The summed E-state index contributed by atoms with van der Waals surface area (Å²) in [6, 6.07) is 3.85. The van der Waals surface area contributed by atoms with Crippen molar-refractivity contribution in [2.75, 3.05) is 50.7 Å². The lowest BCUT2D eigenvalue weighted by Gasteiger charge is -2.30. The Labute approximate surface area is 183 Å². The third-order valence-electron chi connectivity index (χ3n) is 5.93. The summed E-state index contributed by atoms with van der Waals surface area (Å²) in [4.78, 5) is 20.3. The monoisotopic (exact) mass is 436 g/mol. The second kappa shape index (κ2) is 11.3. The first kappa shape index (κ1) is 23.2. The lowest BCUT2D eigenvalue weighted by molar-refractivity contribution is -0.123. The lowest BCUT2D eigenvalue weighted by atomic mass is 9.97. The summed E-state index contributed by atoms with van der Waals surface area (Å²) in [6.45, 7) is 7.43. The van der Waals surface area contributed by atoms with Crippen LogP contribution in [0.3, 0.4) is 0 Å². The first-order chi connectivity index (χ1) is 15.0. The molecule has 0 bridgehead atoms. The Balaban J connectivity index is 1.46. The Morgan fingerprint density at radius 2 is 2.10 bits per heavy atom. The number of hydrogen-bond donors (Lipinski definition) is 3. The van der Waals surface area contributed by atoms with Crippen molar-refractivity contribution in [3.8, 4) is 0 Å². The number of carbonyl (C=O) groups excluding carboxylic acids is 1. The number of halogens is 2. The quantitative estimate of drug-likeness (QED) is 0.328. The number of nitrogens with zero attached hydrogens (tertiary/aromatic N) is 3. The van der Waals surface area contributed by atoms with E-state index in [-0.39, 0.29) is 17.9 Å². The van der Waals surface area contributed by atoms with E-state index in [9.17, 15) is 13.6 Å². The first-order valence-corrected chi connectivity index (χ1v) is 11.2. The van der Waals surface area contributed by atoms with Crippen LogP contribution in [0.1, 0.15) is 32.6 Å². The zero-order chi connectivity index (χ0) is 22.2. The minimum absolute atomic E-state index is 0.0347. The maximum Gasteiger partial charge on any atom is 0.221 e. The second-order valence-corrected chi connectivity index (χ2v) is 8.33. The minimum Gasteiger partial charge on any atom is -0.369 e. The van der Waals surface area contributed by atoms with Gasteiger partial charge in [-0.2, -0.15) is 0 Å². The minimum atomic E-state index is -0.564. The highest BCUT2D eigenvalue weighted by atomic mass is 19.1. The molecule has 0 aromatic heterocycles. The molecule has 3 rings (SSSR count). The highest BCUT2D eigenvalue weighted by molar-refractivity contribution is 5.80. The number of piperidine rings is 1. The van der Waals surface area contributed by atoms with E-state index in [0.29, 0.717) is 25.3 Å². The molecule has 9 heteroatoms. The average Bonchev–Trinajstić information content (AvgIpc) is 3.19. The van der Waals surface area contributed by atoms with Gasteiger partial charge in [-0.3, -0.25) is 9.79 Å². The molecule has 2 unspecified atom stereocenters. The van der Waals surface area contributed by atoms with Gasteiger partial charge in [-0.1, -0.05) is 0 Å². The zero-order valence-corrected chi connectivity index (χ0v) is 18.2. The van der Waals surface area contributed by atoms with Crippen LogP contribution in [-0.4, -0.2) is 68.6 Å². The number of nitrogens with one attached hydrogen (secondary N) is 2. The number of amides is 1. The SMILES string of the molecule is CCNC(=NCCCN1CCCC(C(N)=O)C1)NC1CCN(c2ccc(F)cc2F)C1. The van der Waals surface area contributed by atoms with Gasteiger partial charge in [0.15, 0.2) is 5.96 Å². The number of primary amides is 1. The van der Waals surface area contributed by atoms with Gasteiger partial charge in [0.05, 0.1) is 11.6 Å². The van der Waals surface area contributed by atoms with Crippen LogP contribution in [0.5, 0.6) is 0 Å². The standard InChI is InChI=1S/C22H34F2N6O/c1-2-26-22(27-9-4-11-29-10-3-5-16(14-29)21(25)31)28-18-8-12-30(15-18)20-7-6-17(23)13-19(20)24/h6-7,13,16,18H,2-5,8-12,14-15H2,1H3,(H2,25,31)(H2,26,27,28). The van der Waals surface area contributed by atoms with E-state index < -0.39 is 11.6 Å². The van der Waals surface area contributed by atoms with Crippen LogP contribution in [0.25, 0.3) is 0 Å². The van der Waals surface area contributed by atoms with Gasteiger partial charge in [-0.05, 0) is 57.8 Å². The summed E-state index contributed by atoms with van der Waals surface area (Å²) >= 11 is 0. The molecule has 2 atom stereocenters. The van der Waals surface area contributed by atoms with Gasteiger partial charge in [-0.15, -0.1) is 0 Å². The number of hydrogen-bond acceptors (Lipinski definition) is 4. The van der Waals surface area contributed by atoms with E-state index >= 15 is 0 Å². The molecular weight excluding hydrogens is 402 g/mol. The van der Waals surface area contributed by atoms with Crippen LogP contribution in [0, 0.1) is 17.6 Å². The van der Waals surface area contributed by atoms with Crippen molar-refractivity contribution in [1.82, 2.24) is 15.5 Å². The lowest BCUT2D eigenvalue weighted by Crippen LogP contribution is -2.45. The van der Waals surface area contributed by atoms with E-state index in [2.05, 4.69) is 20.5 Å². The fraction of sp³-hybridized carbons (Fsp3) is 0.636. The molecule has 0 saturated carbocycles. The molecule has 7 nitrogen and oxygen atoms in total. The highest BCUT2D eigenvalue weighted by Gasteiger charge is 2.26. The predicted octanol–water partition coefficient (Wildman–Crippen LogP) is 1.69. The maximum atomic E-state index is 14.1. The smallest absolute Gasteiger partial charge is 0.221 e. The number of carbonyl (C=O) groups is 1. The van der Waals surface area contributed by atoms with Crippen LogP contribution in [0.15, 0.2) is 23.2 Å². The van der Waals surface area contributed by atoms with Gasteiger partial charge >= 0.3 is 0 Å². The van der Waals surface area contributed by atoms with Crippen LogP contribution < -0.4 is 21.3 Å². The summed E-state index contributed by atoms with van der Waals surface area (Å²) < 4.78 is 27.2. The number of guanidine groups is 1. The molecule has 31 heavy (non-hydrogen) atoms. The third-order valence-corrected chi connectivity index (χ3v) is 5.93. The number of aliphatic imine (C=N–C) groups is 1. The van der Waals surface area contributed by atoms with E-state index in [1.165, 1.54) is 12.1 Å². The number of rotatable bonds is 8. The maximum absolute atomic E-state index is 14.1. The molecule has 4 N–H and O–H groups in total. The fourth-order valence-corrected chi connectivity index (χ4v) is 4.32. The average molecular weight is 437 g/mol. The molecule has 0 radical (unpaired) electrons. The van der Waals surface area contributed by atoms with E-state index in [0.717, 1.165) is 63.9 Å². The van der Waals surface area contributed by atoms with Gasteiger partial charge in [0.2, 0.25) is 5.91 Å². The normalized spacial score (nSPS) is 22.5. The van der Waals surface area contributed by atoms with Gasteiger partial charge < -0.3 is 26.2 Å². The Bertz CT molecular complexity index is 774. The van der Waals surface area contributed by atoms with Crippen molar-refractivity contribution < 1.29 is 13.6 Å². The van der Waals surface area contributed by atoms with Crippen LogP contribution >= 0.6 is 0 Å².